The molecule has 7 nitrogen and oxygen atoms in total. The molecule has 2 aromatic carbocycles. The molecule has 0 bridgehead atoms. The average molecular weight is 459 g/mol. The first-order chi connectivity index (χ1) is 16.5. The van der Waals surface area contributed by atoms with Gasteiger partial charge in [-0.25, -0.2) is 19.2 Å². The summed E-state index contributed by atoms with van der Waals surface area (Å²) in [4.78, 5) is 26.2. The highest BCUT2D eigenvalue weighted by Gasteiger charge is 2.23. The van der Waals surface area contributed by atoms with Gasteiger partial charge in [0.25, 0.3) is 0 Å². The highest BCUT2D eigenvalue weighted by Crippen LogP contribution is 2.22. The van der Waals surface area contributed by atoms with Crippen molar-refractivity contribution in [1.82, 2.24) is 24.3 Å². The SMILES string of the molecule is Cc1ccc(NC(=O)N2CCN(Cc3nc4cccnc4n3-c3ccc(F)cc3)CC2)cc1C. The maximum atomic E-state index is 13.5. The van der Waals surface area contributed by atoms with Crippen molar-refractivity contribution in [1.29, 1.82) is 0 Å². The fraction of sp³-hybridized carbons (Fsp3) is 0.269. The van der Waals surface area contributed by atoms with Crippen LogP contribution in [0.3, 0.4) is 0 Å². The van der Waals surface area contributed by atoms with Gasteiger partial charge in [-0.15, -0.1) is 0 Å². The third-order valence-electron chi connectivity index (χ3n) is 6.35. The molecular weight excluding hydrogens is 431 g/mol. The summed E-state index contributed by atoms with van der Waals surface area (Å²) in [6.45, 7) is 7.44. The van der Waals surface area contributed by atoms with Gasteiger partial charge in [0.2, 0.25) is 0 Å². The fourth-order valence-corrected chi connectivity index (χ4v) is 4.26. The van der Waals surface area contributed by atoms with Gasteiger partial charge in [0.05, 0.1) is 6.54 Å². The van der Waals surface area contributed by atoms with Crippen LogP contribution in [0.15, 0.2) is 60.8 Å². The minimum Gasteiger partial charge on any atom is -0.322 e. The van der Waals surface area contributed by atoms with Crippen LogP contribution in [0.25, 0.3) is 16.9 Å². The van der Waals surface area contributed by atoms with Crippen molar-refractivity contribution in [2.24, 2.45) is 0 Å². The molecule has 1 saturated heterocycles. The molecule has 3 heterocycles. The number of amides is 2. The first-order valence-electron chi connectivity index (χ1n) is 11.4. The predicted octanol–water partition coefficient (Wildman–Crippen LogP) is 4.53. The van der Waals surface area contributed by atoms with Gasteiger partial charge in [-0.2, -0.15) is 0 Å². The number of rotatable bonds is 4. The lowest BCUT2D eigenvalue weighted by molar-refractivity contribution is 0.140. The quantitative estimate of drug-likeness (QED) is 0.488. The second-order valence-electron chi connectivity index (χ2n) is 8.68. The second-order valence-corrected chi connectivity index (χ2v) is 8.68. The van der Waals surface area contributed by atoms with Crippen LogP contribution in [0.2, 0.25) is 0 Å². The second kappa shape index (κ2) is 9.23. The number of pyridine rings is 1. The van der Waals surface area contributed by atoms with E-state index in [0.717, 1.165) is 47.0 Å². The fourth-order valence-electron chi connectivity index (χ4n) is 4.26. The molecule has 2 amide bonds. The van der Waals surface area contributed by atoms with Crippen molar-refractivity contribution < 1.29 is 9.18 Å². The molecule has 0 spiro atoms. The number of halogens is 1. The average Bonchev–Trinajstić information content (AvgIpc) is 3.20. The van der Waals surface area contributed by atoms with E-state index in [2.05, 4.69) is 22.1 Å². The van der Waals surface area contributed by atoms with Gasteiger partial charge in [0.15, 0.2) is 5.65 Å². The molecule has 1 N–H and O–H groups in total. The number of fused-ring (bicyclic) bond motifs is 1. The number of piperazine rings is 1. The van der Waals surface area contributed by atoms with Crippen LogP contribution in [0.4, 0.5) is 14.9 Å². The summed E-state index contributed by atoms with van der Waals surface area (Å²) in [5.74, 6) is 0.561. The molecule has 0 radical (unpaired) electrons. The molecule has 0 unspecified atom stereocenters. The Morgan fingerprint density at radius 3 is 2.50 bits per heavy atom. The molecule has 0 saturated carbocycles. The molecule has 1 aliphatic rings. The number of urea groups is 1. The molecule has 1 aliphatic heterocycles. The van der Waals surface area contributed by atoms with Crippen LogP contribution in [-0.2, 0) is 6.54 Å². The van der Waals surface area contributed by atoms with Crippen molar-refractivity contribution in [3.8, 4) is 5.69 Å². The maximum absolute atomic E-state index is 13.5. The molecule has 174 valence electrons. The number of anilines is 1. The van der Waals surface area contributed by atoms with E-state index in [4.69, 9.17) is 4.98 Å². The van der Waals surface area contributed by atoms with Crippen molar-refractivity contribution in [2.75, 3.05) is 31.5 Å². The largest absolute Gasteiger partial charge is 0.322 e. The third-order valence-corrected chi connectivity index (χ3v) is 6.35. The number of aromatic nitrogens is 3. The summed E-state index contributed by atoms with van der Waals surface area (Å²) < 4.78 is 15.5. The van der Waals surface area contributed by atoms with Gasteiger partial charge in [0, 0.05) is 43.8 Å². The smallest absolute Gasteiger partial charge is 0.321 e. The number of hydrogen-bond donors (Lipinski definition) is 1. The number of carbonyl (C=O) groups is 1. The molecule has 8 heteroatoms. The molecular formula is C26H27FN6O. The molecule has 5 rings (SSSR count). The van der Waals surface area contributed by atoms with Gasteiger partial charge < -0.3 is 10.2 Å². The van der Waals surface area contributed by atoms with Crippen LogP contribution in [-0.4, -0.2) is 56.5 Å². The number of hydrogen-bond acceptors (Lipinski definition) is 4. The molecule has 0 atom stereocenters. The minimum absolute atomic E-state index is 0.0781. The normalized spacial score (nSPS) is 14.5. The zero-order valence-electron chi connectivity index (χ0n) is 19.3. The first-order valence-corrected chi connectivity index (χ1v) is 11.4. The summed E-state index contributed by atoms with van der Waals surface area (Å²) >= 11 is 0. The predicted molar refractivity (Wildman–Crippen MR) is 131 cm³/mol. The zero-order chi connectivity index (χ0) is 23.7. The maximum Gasteiger partial charge on any atom is 0.321 e. The third kappa shape index (κ3) is 4.49. The van der Waals surface area contributed by atoms with E-state index in [0.29, 0.717) is 19.6 Å². The van der Waals surface area contributed by atoms with Crippen molar-refractivity contribution in [2.45, 2.75) is 20.4 Å². The minimum atomic E-state index is -0.280. The lowest BCUT2D eigenvalue weighted by Crippen LogP contribution is -2.49. The molecule has 1 fully saturated rings. The Hall–Kier alpha value is -3.78. The Morgan fingerprint density at radius 2 is 1.76 bits per heavy atom. The Bertz CT molecular complexity index is 1330. The Balaban J connectivity index is 1.28. The lowest BCUT2D eigenvalue weighted by Gasteiger charge is -2.34. The molecule has 4 aromatic rings. The van der Waals surface area contributed by atoms with E-state index in [1.807, 2.05) is 46.7 Å². The number of nitrogens with one attached hydrogen (secondary N) is 1. The monoisotopic (exact) mass is 458 g/mol. The Kier molecular flexibility index (Phi) is 5.98. The summed E-state index contributed by atoms with van der Waals surface area (Å²) in [5.41, 5.74) is 5.54. The van der Waals surface area contributed by atoms with Gasteiger partial charge in [-0.05, 0) is 73.5 Å². The van der Waals surface area contributed by atoms with E-state index in [1.165, 1.54) is 17.7 Å². The first kappa shape index (κ1) is 22.0. The van der Waals surface area contributed by atoms with Crippen LogP contribution >= 0.6 is 0 Å². The summed E-state index contributed by atoms with van der Waals surface area (Å²) in [5, 5.41) is 3.01. The van der Waals surface area contributed by atoms with Crippen molar-refractivity contribution >= 4 is 22.9 Å². The van der Waals surface area contributed by atoms with Gasteiger partial charge in [-0.3, -0.25) is 9.47 Å². The van der Waals surface area contributed by atoms with Crippen LogP contribution < -0.4 is 5.32 Å². The van der Waals surface area contributed by atoms with E-state index < -0.39 is 0 Å². The molecule has 0 aliphatic carbocycles. The number of nitrogens with zero attached hydrogens (tertiary/aromatic N) is 5. The van der Waals surface area contributed by atoms with Crippen LogP contribution in [0.5, 0.6) is 0 Å². The number of aryl methyl sites for hydroxylation is 2. The van der Waals surface area contributed by atoms with Gasteiger partial charge >= 0.3 is 6.03 Å². The van der Waals surface area contributed by atoms with Gasteiger partial charge in [0.1, 0.15) is 17.2 Å². The zero-order valence-corrected chi connectivity index (χ0v) is 19.3. The van der Waals surface area contributed by atoms with E-state index in [-0.39, 0.29) is 11.8 Å². The van der Waals surface area contributed by atoms with Crippen molar-refractivity contribution in [3.63, 3.8) is 0 Å². The number of imidazole rings is 1. The van der Waals surface area contributed by atoms with Crippen LogP contribution in [0.1, 0.15) is 17.0 Å². The highest BCUT2D eigenvalue weighted by atomic mass is 19.1. The summed E-state index contributed by atoms with van der Waals surface area (Å²) in [6, 6.07) is 16.0. The number of benzene rings is 2. The number of carbonyl (C=O) groups excluding carboxylic acids is 1. The Labute approximate surface area is 197 Å². The van der Waals surface area contributed by atoms with E-state index in [9.17, 15) is 9.18 Å². The topological polar surface area (TPSA) is 66.3 Å². The molecule has 34 heavy (non-hydrogen) atoms. The van der Waals surface area contributed by atoms with Crippen LogP contribution in [0, 0.1) is 19.7 Å². The van der Waals surface area contributed by atoms with E-state index >= 15 is 0 Å². The van der Waals surface area contributed by atoms with Crippen molar-refractivity contribution in [3.05, 3.63) is 83.6 Å². The highest BCUT2D eigenvalue weighted by molar-refractivity contribution is 5.89. The molecule has 2 aromatic heterocycles. The summed E-state index contributed by atoms with van der Waals surface area (Å²) in [7, 11) is 0. The van der Waals surface area contributed by atoms with Gasteiger partial charge in [-0.1, -0.05) is 6.07 Å². The summed E-state index contributed by atoms with van der Waals surface area (Å²) in [6.07, 6.45) is 1.74. The van der Waals surface area contributed by atoms with E-state index in [1.54, 1.807) is 18.3 Å². The standard InChI is InChI=1S/C26H27FN6O/c1-18-5-8-21(16-19(18)2)29-26(34)32-14-12-31(13-15-32)17-24-30-23-4-3-11-28-25(23)33(24)22-9-6-20(27)7-10-22/h3-11,16H,12-15,17H2,1-2H3,(H,29,34). The lowest BCUT2D eigenvalue weighted by atomic mass is 10.1. The Morgan fingerprint density at radius 1 is 1.00 bits per heavy atom.